The maximum Gasteiger partial charge on any atom is 0.113 e. The van der Waals surface area contributed by atoms with Crippen LogP contribution in [0.15, 0.2) is 37.8 Å². The van der Waals surface area contributed by atoms with E-state index in [0.717, 1.165) is 19.3 Å². The normalized spacial score (nSPS) is 12.0. The molecular weight excluding hydrogens is 592 g/mol. The van der Waals surface area contributed by atoms with Crippen LogP contribution < -0.4 is 0 Å². The highest BCUT2D eigenvalue weighted by molar-refractivity contribution is 4.74. The van der Waals surface area contributed by atoms with Gasteiger partial charge in [-0.2, -0.15) is 0 Å². The molecule has 0 aliphatic heterocycles. The van der Waals surface area contributed by atoms with Gasteiger partial charge in [0.2, 0.25) is 0 Å². The third-order valence-corrected chi connectivity index (χ3v) is 8.94. The van der Waals surface area contributed by atoms with Crippen LogP contribution in [-0.4, -0.2) is 39.6 Å². The maximum atomic E-state index is 5.48. The van der Waals surface area contributed by atoms with E-state index in [2.05, 4.69) is 46.9 Å². The zero-order valence-corrected chi connectivity index (χ0v) is 33.7. The fraction of sp³-hybridized carbons (Fsp3) is 0.864. The van der Waals surface area contributed by atoms with Gasteiger partial charge in [-0.3, -0.25) is 0 Å². The quantitative estimate of drug-likeness (QED) is 0.0375. The molecule has 2 unspecified atom stereocenters. The lowest BCUT2D eigenvalue weighted by molar-refractivity contribution is 0.0397. The summed E-state index contributed by atoms with van der Waals surface area (Å²) in [4.78, 5) is 0. The summed E-state index contributed by atoms with van der Waals surface area (Å²) >= 11 is 0. The van der Waals surface area contributed by atoms with E-state index in [0.29, 0.717) is 13.2 Å². The zero-order chi connectivity index (χ0) is 36.0. The fourth-order valence-corrected chi connectivity index (χ4v) is 5.41. The highest BCUT2D eigenvalue weighted by Crippen LogP contribution is 2.14. The Hall–Kier alpha value is -1.26. The molecule has 0 amide bonds. The average Bonchev–Trinajstić information content (AvgIpc) is 3.11. The molecular formula is C44H88O4. The number of ether oxygens (including phenoxy) is 4. The second-order valence-electron chi connectivity index (χ2n) is 13.4. The van der Waals surface area contributed by atoms with Crippen LogP contribution in [0.2, 0.25) is 0 Å². The molecule has 0 rings (SSSR count). The van der Waals surface area contributed by atoms with Crippen LogP contribution in [0.4, 0.5) is 0 Å². The molecule has 0 heterocycles. The van der Waals surface area contributed by atoms with Gasteiger partial charge in [-0.05, 0) is 44.6 Å². The van der Waals surface area contributed by atoms with E-state index >= 15 is 0 Å². The summed E-state index contributed by atoms with van der Waals surface area (Å²) in [7, 11) is 3.42. The van der Waals surface area contributed by atoms with E-state index in [9.17, 15) is 0 Å². The Balaban J connectivity index is -0.000000699. The maximum absolute atomic E-state index is 5.48. The molecule has 0 fully saturated rings. The molecule has 4 heteroatoms. The van der Waals surface area contributed by atoms with Gasteiger partial charge in [-0.15, -0.1) is 6.58 Å². The van der Waals surface area contributed by atoms with Crippen molar-refractivity contribution in [3.8, 4) is 0 Å². The molecule has 48 heavy (non-hydrogen) atoms. The topological polar surface area (TPSA) is 36.9 Å². The molecule has 0 aromatic carbocycles. The Labute approximate surface area is 303 Å². The standard InChI is InChI=1S/C21H42O2.C16H32.C7H14O2/c1-4-6-7-8-9-10-11-12-13-14-15-16-17-18-19-23-20-21(5-2)22-3;1-3-5-7-9-11-13-15-16-14-12-10-8-6-4-2;1-4-7(8-3)6-9-5-2/h18-19,21H,4-17,20H2,1-3H3;3H,1,4-16H2,2H3;5,7H,2,4,6H2,1,3H3/b19-18-;;. The van der Waals surface area contributed by atoms with Crippen molar-refractivity contribution in [1.82, 2.24) is 0 Å². The SMILES string of the molecule is C=CCCCCCCCCCCCCCC.C=COCC(CC)OC.CCCCCCCCCCCCCC/C=C\OCC(CC)OC. The van der Waals surface area contributed by atoms with Gasteiger partial charge in [-0.25, -0.2) is 0 Å². The Bertz CT molecular complexity index is 582. The minimum atomic E-state index is 0.211. The van der Waals surface area contributed by atoms with Crippen LogP contribution >= 0.6 is 0 Å². The Morgan fingerprint density at radius 3 is 1.08 bits per heavy atom. The second kappa shape index (κ2) is 50.1. The van der Waals surface area contributed by atoms with Gasteiger partial charge < -0.3 is 18.9 Å². The molecule has 0 aromatic heterocycles. The number of methoxy groups -OCH3 is 2. The lowest BCUT2D eigenvalue weighted by Gasteiger charge is -2.11. The van der Waals surface area contributed by atoms with Gasteiger partial charge in [0.15, 0.2) is 0 Å². The van der Waals surface area contributed by atoms with Gasteiger partial charge in [0.25, 0.3) is 0 Å². The van der Waals surface area contributed by atoms with E-state index in [-0.39, 0.29) is 12.2 Å². The van der Waals surface area contributed by atoms with E-state index < -0.39 is 0 Å². The molecule has 0 aliphatic carbocycles. The monoisotopic (exact) mass is 681 g/mol. The second-order valence-corrected chi connectivity index (χ2v) is 13.4. The van der Waals surface area contributed by atoms with Crippen LogP contribution in [0.3, 0.4) is 0 Å². The first-order valence-corrected chi connectivity index (χ1v) is 20.8. The highest BCUT2D eigenvalue weighted by atomic mass is 16.5. The van der Waals surface area contributed by atoms with Crippen molar-refractivity contribution in [3.63, 3.8) is 0 Å². The third-order valence-electron chi connectivity index (χ3n) is 8.94. The summed E-state index contributed by atoms with van der Waals surface area (Å²) in [5, 5.41) is 0. The predicted molar refractivity (Wildman–Crippen MR) is 215 cm³/mol. The number of rotatable bonds is 36. The molecule has 0 saturated heterocycles. The number of unbranched alkanes of at least 4 members (excludes halogenated alkanes) is 24. The van der Waals surface area contributed by atoms with Crippen LogP contribution in [0.1, 0.15) is 207 Å². The number of allylic oxidation sites excluding steroid dienone is 2. The zero-order valence-electron chi connectivity index (χ0n) is 33.7. The number of hydrogen-bond donors (Lipinski definition) is 0. The summed E-state index contributed by atoms with van der Waals surface area (Å²) in [5.74, 6) is 0. The van der Waals surface area contributed by atoms with E-state index in [1.54, 1.807) is 14.2 Å². The van der Waals surface area contributed by atoms with Crippen molar-refractivity contribution in [1.29, 1.82) is 0 Å². The average molecular weight is 681 g/mol. The summed E-state index contributed by atoms with van der Waals surface area (Å²) in [6.07, 6.45) is 46.4. The van der Waals surface area contributed by atoms with Crippen LogP contribution in [0, 0.1) is 0 Å². The highest BCUT2D eigenvalue weighted by Gasteiger charge is 2.02. The predicted octanol–water partition coefficient (Wildman–Crippen LogP) is 14.9. The summed E-state index contributed by atoms with van der Waals surface area (Å²) in [5.41, 5.74) is 0. The lowest BCUT2D eigenvalue weighted by Crippen LogP contribution is -2.15. The van der Waals surface area contributed by atoms with Gasteiger partial charge >= 0.3 is 0 Å². The Kier molecular flexibility index (Phi) is 53.4. The molecule has 0 aliphatic rings. The van der Waals surface area contributed by atoms with E-state index in [1.165, 1.54) is 167 Å². The number of hydrogen-bond acceptors (Lipinski definition) is 4. The first-order valence-electron chi connectivity index (χ1n) is 20.8. The molecule has 288 valence electrons. The minimum Gasteiger partial charge on any atom is -0.499 e. The molecule has 2 atom stereocenters. The lowest BCUT2D eigenvalue weighted by atomic mass is 10.0. The van der Waals surface area contributed by atoms with Crippen molar-refractivity contribution in [2.45, 2.75) is 220 Å². The minimum absolute atomic E-state index is 0.211. The molecule has 0 aromatic rings. The smallest absolute Gasteiger partial charge is 0.113 e. The first-order chi connectivity index (χ1) is 23.6. The Morgan fingerprint density at radius 1 is 0.438 bits per heavy atom. The Morgan fingerprint density at radius 2 is 0.771 bits per heavy atom. The van der Waals surface area contributed by atoms with Gasteiger partial charge in [0.1, 0.15) is 13.2 Å². The van der Waals surface area contributed by atoms with Crippen molar-refractivity contribution < 1.29 is 18.9 Å². The summed E-state index contributed by atoms with van der Waals surface area (Å²) < 4.78 is 20.7. The summed E-state index contributed by atoms with van der Waals surface area (Å²) in [6, 6.07) is 0. The van der Waals surface area contributed by atoms with Crippen molar-refractivity contribution in [2.75, 3.05) is 27.4 Å². The summed E-state index contributed by atoms with van der Waals surface area (Å²) in [6.45, 7) is 17.2. The largest absolute Gasteiger partial charge is 0.499 e. The fourth-order valence-electron chi connectivity index (χ4n) is 5.41. The molecule has 4 nitrogen and oxygen atoms in total. The van der Waals surface area contributed by atoms with E-state index in [1.807, 2.05) is 12.3 Å². The van der Waals surface area contributed by atoms with Gasteiger partial charge in [-0.1, -0.05) is 182 Å². The van der Waals surface area contributed by atoms with Gasteiger partial charge in [0.05, 0.1) is 24.7 Å². The van der Waals surface area contributed by atoms with Crippen molar-refractivity contribution in [3.05, 3.63) is 37.8 Å². The molecule has 0 saturated carbocycles. The van der Waals surface area contributed by atoms with E-state index in [4.69, 9.17) is 18.9 Å². The van der Waals surface area contributed by atoms with Crippen LogP contribution in [-0.2, 0) is 18.9 Å². The first kappa shape index (κ1) is 51.1. The van der Waals surface area contributed by atoms with Gasteiger partial charge in [0, 0.05) is 14.2 Å². The van der Waals surface area contributed by atoms with Crippen LogP contribution in [0.5, 0.6) is 0 Å². The van der Waals surface area contributed by atoms with Crippen LogP contribution in [0.25, 0.3) is 0 Å². The third kappa shape index (κ3) is 49.1. The molecule has 0 radical (unpaired) electrons. The molecule has 0 bridgehead atoms. The molecule has 0 spiro atoms. The van der Waals surface area contributed by atoms with Crippen molar-refractivity contribution in [2.24, 2.45) is 0 Å². The molecule has 0 N–H and O–H groups in total. The van der Waals surface area contributed by atoms with Crippen molar-refractivity contribution >= 4 is 0 Å².